The SMILES string of the molecule is COCCCC1CS(=O)(=O)CCN1. The molecule has 4 nitrogen and oxygen atoms in total. The maximum Gasteiger partial charge on any atom is 0.153 e. The summed E-state index contributed by atoms with van der Waals surface area (Å²) in [5, 5.41) is 3.20. The van der Waals surface area contributed by atoms with Gasteiger partial charge in [-0.2, -0.15) is 0 Å². The van der Waals surface area contributed by atoms with Crippen molar-refractivity contribution in [1.29, 1.82) is 0 Å². The smallest absolute Gasteiger partial charge is 0.153 e. The van der Waals surface area contributed by atoms with Crippen LogP contribution in [0, 0.1) is 0 Å². The zero-order valence-corrected chi connectivity index (χ0v) is 8.77. The molecule has 1 heterocycles. The number of nitrogens with one attached hydrogen (secondary N) is 1. The van der Waals surface area contributed by atoms with Gasteiger partial charge in [-0.3, -0.25) is 0 Å². The summed E-state index contributed by atoms with van der Waals surface area (Å²) in [7, 11) is -1.11. The lowest BCUT2D eigenvalue weighted by Gasteiger charge is -2.23. The van der Waals surface area contributed by atoms with E-state index in [0.717, 1.165) is 12.8 Å². The monoisotopic (exact) mass is 207 g/mol. The van der Waals surface area contributed by atoms with Crippen LogP contribution in [0.5, 0.6) is 0 Å². The Balaban J connectivity index is 2.27. The molecule has 1 unspecified atom stereocenters. The van der Waals surface area contributed by atoms with Crippen LogP contribution in [-0.4, -0.2) is 46.2 Å². The fourth-order valence-electron chi connectivity index (χ4n) is 1.53. The van der Waals surface area contributed by atoms with Gasteiger partial charge in [-0.15, -0.1) is 0 Å². The lowest BCUT2D eigenvalue weighted by Crippen LogP contribution is -2.44. The molecule has 0 aliphatic carbocycles. The van der Waals surface area contributed by atoms with Crippen LogP contribution in [0.15, 0.2) is 0 Å². The van der Waals surface area contributed by atoms with E-state index in [-0.39, 0.29) is 17.5 Å². The predicted octanol–water partition coefficient (Wildman–Crippen LogP) is -0.200. The van der Waals surface area contributed by atoms with Crippen LogP contribution >= 0.6 is 0 Å². The number of hydrogen-bond acceptors (Lipinski definition) is 4. The lowest BCUT2D eigenvalue weighted by molar-refractivity contribution is 0.189. The standard InChI is InChI=1S/C8H17NO3S/c1-12-5-2-3-8-7-13(10,11)6-4-9-8/h8-9H,2-7H2,1H3. The lowest BCUT2D eigenvalue weighted by atomic mass is 10.2. The molecular weight excluding hydrogens is 190 g/mol. The van der Waals surface area contributed by atoms with Crippen molar-refractivity contribution in [2.24, 2.45) is 0 Å². The Bertz CT molecular complexity index is 238. The Morgan fingerprint density at radius 2 is 2.31 bits per heavy atom. The molecule has 0 spiro atoms. The van der Waals surface area contributed by atoms with Crippen molar-refractivity contribution in [2.75, 3.05) is 31.8 Å². The first-order valence-corrected chi connectivity index (χ1v) is 6.39. The molecule has 1 saturated heterocycles. The van der Waals surface area contributed by atoms with E-state index in [1.165, 1.54) is 0 Å². The van der Waals surface area contributed by atoms with E-state index in [1.807, 2.05) is 0 Å². The van der Waals surface area contributed by atoms with Crippen molar-refractivity contribution in [1.82, 2.24) is 5.32 Å². The Morgan fingerprint density at radius 3 is 2.92 bits per heavy atom. The van der Waals surface area contributed by atoms with Crippen LogP contribution in [0.3, 0.4) is 0 Å². The Morgan fingerprint density at radius 1 is 1.54 bits per heavy atom. The predicted molar refractivity (Wildman–Crippen MR) is 51.6 cm³/mol. The van der Waals surface area contributed by atoms with E-state index in [1.54, 1.807) is 7.11 Å². The van der Waals surface area contributed by atoms with Crippen LogP contribution in [0.1, 0.15) is 12.8 Å². The zero-order chi connectivity index (χ0) is 9.73. The third kappa shape index (κ3) is 4.06. The maximum atomic E-state index is 11.2. The van der Waals surface area contributed by atoms with E-state index < -0.39 is 9.84 Å². The van der Waals surface area contributed by atoms with E-state index in [4.69, 9.17) is 4.74 Å². The summed E-state index contributed by atoms with van der Waals surface area (Å²) in [6, 6.07) is 0.133. The van der Waals surface area contributed by atoms with Gasteiger partial charge in [-0.25, -0.2) is 8.42 Å². The topological polar surface area (TPSA) is 55.4 Å². The highest BCUT2D eigenvalue weighted by atomic mass is 32.2. The Labute approximate surface area is 79.6 Å². The zero-order valence-electron chi connectivity index (χ0n) is 7.95. The van der Waals surface area contributed by atoms with Gasteiger partial charge in [0.05, 0.1) is 11.5 Å². The summed E-state index contributed by atoms with van der Waals surface area (Å²) in [4.78, 5) is 0. The van der Waals surface area contributed by atoms with Crippen LogP contribution in [-0.2, 0) is 14.6 Å². The molecule has 1 atom stereocenters. The summed E-state index contributed by atoms with van der Waals surface area (Å²) in [5.74, 6) is 0.574. The van der Waals surface area contributed by atoms with Gasteiger partial charge in [0.25, 0.3) is 0 Å². The summed E-state index contributed by atoms with van der Waals surface area (Å²) >= 11 is 0. The molecule has 0 aromatic rings. The van der Waals surface area contributed by atoms with Gasteiger partial charge < -0.3 is 10.1 Å². The van der Waals surface area contributed by atoms with Gasteiger partial charge in [0.2, 0.25) is 0 Å². The molecular formula is C8H17NO3S. The van der Waals surface area contributed by atoms with E-state index in [9.17, 15) is 8.42 Å². The van der Waals surface area contributed by atoms with Crippen LogP contribution in [0.2, 0.25) is 0 Å². The van der Waals surface area contributed by atoms with E-state index in [0.29, 0.717) is 13.2 Å². The van der Waals surface area contributed by atoms with Gasteiger partial charge in [-0.1, -0.05) is 0 Å². The van der Waals surface area contributed by atoms with Crippen molar-refractivity contribution in [2.45, 2.75) is 18.9 Å². The average molecular weight is 207 g/mol. The van der Waals surface area contributed by atoms with Crippen molar-refractivity contribution in [3.8, 4) is 0 Å². The van der Waals surface area contributed by atoms with Gasteiger partial charge in [0.15, 0.2) is 9.84 Å². The van der Waals surface area contributed by atoms with Crippen LogP contribution < -0.4 is 5.32 Å². The minimum atomic E-state index is -2.77. The summed E-state index contributed by atoms with van der Waals surface area (Å²) < 4.78 is 27.4. The second-order valence-electron chi connectivity index (χ2n) is 3.40. The van der Waals surface area contributed by atoms with Gasteiger partial charge in [0, 0.05) is 26.3 Å². The first-order chi connectivity index (χ1) is 6.14. The number of ether oxygens (including phenoxy) is 1. The number of hydrogen-bond donors (Lipinski definition) is 1. The maximum absolute atomic E-state index is 11.2. The van der Waals surface area contributed by atoms with Crippen molar-refractivity contribution < 1.29 is 13.2 Å². The minimum absolute atomic E-state index is 0.133. The minimum Gasteiger partial charge on any atom is -0.385 e. The Hall–Kier alpha value is -0.130. The molecule has 13 heavy (non-hydrogen) atoms. The van der Waals surface area contributed by atoms with E-state index in [2.05, 4.69) is 5.32 Å². The first kappa shape index (κ1) is 10.9. The number of methoxy groups -OCH3 is 1. The number of sulfone groups is 1. The molecule has 5 heteroatoms. The van der Waals surface area contributed by atoms with Crippen LogP contribution in [0.25, 0.3) is 0 Å². The second-order valence-corrected chi connectivity index (χ2v) is 5.63. The first-order valence-electron chi connectivity index (χ1n) is 4.57. The van der Waals surface area contributed by atoms with Gasteiger partial charge >= 0.3 is 0 Å². The van der Waals surface area contributed by atoms with Crippen molar-refractivity contribution in [3.63, 3.8) is 0 Å². The molecule has 1 N–H and O–H groups in total. The summed E-state index contributed by atoms with van der Waals surface area (Å²) in [5.41, 5.74) is 0. The molecule has 78 valence electrons. The highest BCUT2D eigenvalue weighted by Gasteiger charge is 2.23. The largest absolute Gasteiger partial charge is 0.385 e. The molecule has 1 aliphatic heterocycles. The molecule has 1 rings (SSSR count). The van der Waals surface area contributed by atoms with Gasteiger partial charge in [-0.05, 0) is 12.8 Å². The molecule has 0 radical (unpaired) electrons. The number of rotatable bonds is 4. The third-order valence-corrected chi connectivity index (χ3v) is 3.94. The summed E-state index contributed by atoms with van der Waals surface area (Å²) in [6.45, 7) is 1.30. The van der Waals surface area contributed by atoms with Crippen molar-refractivity contribution in [3.05, 3.63) is 0 Å². The molecule has 0 saturated carbocycles. The fourth-order valence-corrected chi connectivity index (χ4v) is 3.02. The van der Waals surface area contributed by atoms with Crippen molar-refractivity contribution >= 4 is 9.84 Å². The quantitative estimate of drug-likeness (QED) is 0.649. The fraction of sp³-hybridized carbons (Fsp3) is 1.00. The highest BCUT2D eigenvalue weighted by Crippen LogP contribution is 2.06. The second kappa shape index (κ2) is 4.93. The van der Waals surface area contributed by atoms with Gasteiger partial charge in [0.1, 0.15) is 0 Å². The third-order valence-electron chi connectivity index (χ3n) is 2.20. The molecule has 0 aromatic heterocycles. The van der Waals surface area contributed by atoms with Crippen LogP contribution in [0.4, 0.5) is 0 Å². The highest BCUT2D eigenvalue weighted by molar-refractivity contribution is 7.91. The average Bonchev–Trinajstić information content (AvgIpc) is 2.03. The molecule has 1 fully saturated rings. The van der Waals surface area contributed by atoms with E-state index >= 15 is 0 Å². The summed E-state index contributed by atoms with van der Waals surface area (Å²) in [6.07, 6.45) is 1.80. The molecule has 0 bridgehead atoms. The normalized spacial score (nSPS) is 27.3. The Kier molecular flexibility index (Phi) is 4.15. The molecule has 0 amide bonds. The molecule has 1 aliphatic rings. The molecule has 0 aromatic carbocycles.